The summed E-state index contributed by atoms with van der Waals surface area (Å²) >= 11 is 0. The van der Waals surface area contributed by atoms with E-state index in [-0.39, 0.29) is 0 Å². The van der Waals surface area contributed by atoms with Gasteiger partial charge in [0.05, 0.1) is 42.5 Å². The van der Waals surface area contributed by atoms with Gasteiger partial charge in [-0.1, -0.05) is 0 Å². The summed E-state index contributed by atoms with van der Waals surface area (Å²) in [5.74, 6) is 1.43. The first-order valence-corrected chi connectivity index (χ1v) is 14.3. The van der Waals surface area contributed by atoms with Gasteiger partial charge in [-0.25, -0.2) is 13.9 Å². The number of fused-ring (bicyclic) bond motifs is 1. The summed E-state index contributed by atoms with van der Waals surface area (Å²) in [6.45, 7) is 3.54. The van der Waals surface area contributed by atoms with Gasteiger partial charge in [0, 0.05) is 69.7 Å². The monoisotopic (exact) mass is 582 g/mol. The van der Waals surface area contributed by atoms with E-state index in [2.05, 4.69) is 20.1 Å². The third kappa shape index (κ3) is 6.01. The molecular formula is C28H38N8O4S. The molecule has 4 aromatic rings. The van der Waals surface area contributed by atoms with Gasteiger partial charge in [-0.05, 0) is 44.8 Å². The van der Waals surface area contributed by atoms with Crippen molar-refractivity contribution in [1.29, 1.82) is 0 Å². The molecule has 0 atom stereocenters. The average Bonchev–Trinajstić information content (AvgIpc) is 3.32. The second-order valence-corrected chi connectivity index (χ2v) is 12.2. The van der Waals surface area contributed by atoms with Gasteiger partial charge in [0.1, 0.15) is 11.5 Å². The maximum absolute atomic E-state index is 13.2. The van der Waals surface area contributed by atoms with Crippen LogP contribution >= 0.6 is 0 Å². The molecule has 13 heteroatoms. The fourth-order valence-corrected chi connectivity index (χ4v) is 5.40. The van der Waals surface area contributed by atoms with Crippen molar-refractivity contribution in [3.63, 3.8) is 0 Å². The van der Waals surface area contributed by atoms with E-state index in [1.807, 2.05) is 40.2 Å². The number of rotatable bonds is 11. The maximum Gasteiger partial charge on any atom is 0.307 e. The van der Waals surface area contributed by atoms with E-state index >= 15 is 0 Å². The lowest BCUT2D eigenvalue weighted by Gasteiger charge is -2.24. The lowest BCUT2D eigenvalue weighted by molar-refractivity contribution is 0.413. The first-order chi connectivity index (χ1) is 19.4. The number of hydrogen-bond acceptors (Lipinski definition) is 10. The van der Waals surface area contributed by atoms with Crippen molar-refractivity contribution >= 4 is 44.1 Å². The number of aryl methyl sites for hydroxylation is 1. The fraction of sp³-hybridized carbons (Fsp3) is 0.357. The zero-order valence-corrected chi connectivity index (χ0v) is 25.6. The number of nitrogens with two attached hydrogens (primary N) is 1. The number of anilines is 4. The lowest BCUT2D eigenvalue weighted by atomic mass is 10.1. The van der Waals surface area contributed by atoms with Crippen LogP contribution in [0.25, 0.3) is 22.2 Å². The molecule has 0 aliphatic rings. The summed E-state index contributed by atoms with van der Waals surface area (Å²) < 4.78 is 39.9. The zero-order chi connectivity index (χ0) is 30.1. The van der Waals surface area contributed by atoms with Crippen molar-refractivity contribution in [2.24, 2.45) is 0 Å². The molecule has 0 bridgehead atoms. The molecule has 220 valence electrons. The second-order valence-electron chi connectivity index (χ2n) is 10.2. The van der Waals surface area contributed by atoms with Crippen molar-refractivity contribution in [2.75, 3.05) is 78.5 Å². The van der Waals surface area contributed by atoms with Gasteiger partial charge in [-0.15, -0.1) is 0 Å². The Labute approximate surface area is 241 Å². The SMILES string of the molecule is COc1ccc2c(-c3nc(Nc4cc(N)c(N(C)CCN(C)C)cc4OC)ncc3C)cn(S(=O)(=O)N(C)C)c2c1. The van der Waals surface area contributed by atoms with Gasteiger partial charge in [0.2, 0.25) is 5.95 Å². The molecule has 0 saturated carbocycles. The molecule has 41 heavy (non-hydrogen) atoms. The van der Waals surface area contributed by atoms with Crippen molar-refractivity contribution in [2.45, 2.75) is 6.92 Å². The predicted molar refractivity (Wildman–Crippen MR) is 165 cm³/mol. The van der Waals surface area contributed by atoms with E-state index in [0.29, 0.717) is 51.0 Å². The Hall–Kier alpha value is -4.07. The number of hydrogen-bond donors (Lipinski definition) is 2. The number of methoxy groups -OCH3 is 2. The Balaban J connectivity index is 1.77. The second kappa shape index (κ2) is 11.8. The van der Waals surface area contributed by atoms with E-state index in [1.54, 1.807) is 37.7 Å². The highest BCUT2D eigenvalue weighted by atomic mass is 32.2. The molecule has 2 aromatic carbocycles. The molecule has 0 saturated heterocycles. The van der Waals surface area contributed by atoms with E-state index in [0.717, 1.165) is 28.6 Å². The van der Waals surface area contributed by atoms with Crippen LogP contribution in [0.1, 0.15) is 5.56 Å². The number of likely N-dealkylation sites (N-methyl/N-ethyl adjacent to an activating group) is 2. The van der Waals surface area contributed by atoms with Gasteiger partial charge in [-0.3, -0.25) is 0 Å². The number of aromatic nitrogens is 3. The zero-order valence-electron chi connectivity index (χ0n) is 24.8. The van der Waals surface area contributed by atoms with Crippen molar-refractivity contribution in [1.82, 2.24) is 23.1 Å². The van der Waals surface area contributed by atoms with E-state index in [1.165, 1.54) is 25.2 Å². The summed E-state index contributed by atoms with van der Waals surface area (Å²) in [6, 6.07) is 8.99. The van der Waals surface area contributed by atoms with Crippen molar-refractivity contribution in [3.8, 4) is 22.8 Å². The largest absolute Gasteiger partial charge is 0.497 e. The van der Waals surface area contributed by atoms with E-state index in [9.17, 15) is 8.42 Å². The third-order valence-electron chi connectivity index (χ3n) is 6.80. The highest BCUT2D eigenvalue weighted by molar-refractivity contribution is 7.87. The third-order valence-corrected chi connectivity index (χ3v) is 8.53. The van der Waals surface area contributed by atoms with Gasteiger partial charge >= 0.3 is 10.2 Å². The summed E-state index contributed by atoms with van der Waals surface area (Å²) in [5.41, 5.74) is 10.9. The van der Waals surface area contributed by atoms with Crippen LogP contribution in [-0.4, -0.2) is 94.1 Å². The van der Waals surface area contributed by atoms with Crippen LogP contribution in [0.4, 0.5) is 23.0 Å². The summed E-state index contributed by atoms with van der Waals surface area (Å²) in [6.07, 6.45) is 3.27. The van der Waals surface area contributed by atoms with Gasteiger partial charge in [-0.2, -0.15) is 12.7 Å². The molecule has 12 nitrogen and oxygen atoms in total. The minimum Gasteiger partial charge on any atom is -0.497 e. The smallest absolute Gasteiger partial charge is 0.307 e. The van der Waals surface area contributed by atoms with Crippen LogP contribution in [0.3, 0.4) is 0 Å². The minimum absolute atomic E-state index is 0.307. The van der Waals surface area contributed by atoms with E-state index in [4.69, 9.17) is 20.2 Å². The Morgan fingerprint density at radius 1 is 1.02 bits per heavy atom. The summed E-state index contributed by atoms with van der Waals surface area (Å²) in [5, 5.41) is 3.94. The number of ether oxygens (including phenoxy) is 2. The summed E-state index contributed by atoms with van der Waals surface area (Å²) in [7, 11) is 8.32. The predicted octanol–water partition coefficient (Wildman–Crippen LogP) is 3.40. The first kappa shape index (κ1) is 29.9. The highest BCUT2D eigenvalue weighted by Gasteiger charge is 2.24. The number of nitrogens with one attached hydrogen (secondary N) is 1. The molecule has 4 rings (SSSR count). The van der Waals surface area contributed by atoms with Crippen LogP contribution in [0.15, 0.2) is 42.7 Å². The first-order valence-electron chi connectivity index (χ1n) is 12.9. The molecule has 0 unspecified atom stereocenters. The fourth-order valence-electron chi connectivity index (χ4n) is 4.41. The van der Waals surface area contributed by atoms with Crippen LogP contribution in [-0.2, 0) is 10.2 Å². The average molecular weight is 583 g/mol. The number of benzene rings is 2. The number of nitrogen functional groups attached to an aromatic ring is 1. The molecule has 2 heterocycles. The Morgan fingerprint density at radius 2 is 1.76 bits per heavy atom. The normalized spacial score (nSPS) is 11.9. The Bertz CT molecular complexity index is 1670. The molecular weight excluding hydrogens is 544 g/mol. The van der Waals surface area contributed by atoms with Crippen LogP contribution in [0.2, 0.25) is 0 Å². The highest BCUT2D eigenvalue weighted by Crippen LogP contribution is 2.38. The van der Waals surface area contributed by atoms with E-state index < -0.39 is 10.2 Å². The van der Waals surface area contributed by atoms with Gasteiger partial charge in [0.25, 0.3) is 0 Å². The lowest BCUT2D eigenvalue weighted by Crippen LogP contribution is -2.29. The molecule has 3 N–H and O–H groups in total. The van der Waals surface area contributed by atoms with Gasteiger partial charge < -0.3 is 30.3 Å². The molecule has 0 aliphatic heterocycles. The summed E-state index contributed by atoms with van der Waals surface area (Å²) in [4.78, 5) is 13.5. The van der Waals surface area contributed by atoms with Crippen molar-refractivity contribution < 1.29 is 17.9 Å². The molecule has 0 fully saturated rings. The Kier molecular flexibility index (Phi) is 8.61. The van der Waals surface area contributed by atoms with Crippen LogP contribution < -0.4 is 25.4 Å². The van der Waals surface area contributed by atoms with Crippen molar-refractivity contribution in [3.05, 3.63) is 48.3 Å². The molecule has 0 amide bonds. The quantitative estimate of drug-likeness (QED) is 0.254. The molecule has 0 aliphatic carbocycles. The standard InChI is InChI=1S/C28H38N8O4S/c1-18-16-30-28(31-23-14-22(29)25(15-26(23)40-8)35(6)12-11-33(2)3)32-27(18)21-17-36(41(37,38)34(4)5)24-13-19(39-7)9-10-20(21)24/h9-10,13-17H,11-12,29H2,1-8H3,(H,30,31,32). The molecule has 0 spiro atoms. The Morgan fingerprint density at radius 3 is 2.39 bits per heavy atom. The van der Waals surface area contributed by atoms with Gasteiger partial charge in [0.15, 0.2) is 0 Å². The maximum atomic E-state index is 13.2. The molecule has 2 aromatic heterocycles. The topological polar surface area (TPSA) is 131 Å². The minimum atomic E-state index is -3.82. The number of nitrogens with zero attached hydrogens (tertiary/aromatic N) is 6. The van der Waals surface area contributed by atoms with Crippen LogP contribution in [0, 0.1) is 6.92 Å². The van der Waals surface area contributed by atoms with Crippen LogP contribution in [0.5, 0.6) is 11.5 Å². The molecule has 0 radical (unpaired) electrons.